The van der Waals surface area contributed by atoms with Crippen LogP contribution in [0.4, 0.5) is 11.6 Å². The number of anilines is 2. The molecule has 1 aromatic heterocycles. The number of rotatable bonds is 6. The molecule has 0 fully saturated rings. The molecule has 5 heteroatoms. The van der Waals surface area contributed by atoms with Gasteiger partial charge in [-0.15, -0.1) is 0 Å². The van der Waals surface area contributed by atoms with Gasteiger partial charge >= 0.3 is 0 Å². The highest BCUT2D eigenvalue weighted by molar-refractivity contribution is 5.47. The third-order valence-electron chi connectivity index (χ3n) is 2.11. The van der Waals surface area contributed by atoms with E-state index in [0.717, 1.165) is 24.7 Å². The van der Waals surface area contributed by atoms with E-state index >= 15 is 0 Å². The van der Waals surface area contributed by atoms with E-state index in [1.807, 2.05) is 20.0 Å². The molecule has 0 atom stereocenters. The van der Waals surface area contributed by atoms with Crippen LogP contribution in [-0.2, 0) is 0 Å². The van der Waals surface area contributed by atoms with Gasteiger partial charge in [0.15, 0.2) is 0 Å². The maximum atomic E-state index is 4.20. The minimum absolute atomic E-state index is 0.0351. The van der Waals surface area contributed by atoms with E-state index in [1.54, 1.807) is 6.33 Å². The highest BCUT2D eigenvalue weighted by Gasteiger charge is 2.16. The zero-order valence-electron chi connectivity index (χ0n) is 10.5. The smallest absolute Gasteiger partial charge is 0.131 e. The second-order valence-electron chi connectivity index (χ2n) is 4.36. The topological polar surface area (TPSA) is 61.9 Å². The Labute approximate surface area is 97.1 Å². The van der Waals surface area contributed by atoms with E-state index in [2.05, 4.69) is 39.8 Å². The van der Waals surface area contributed by atoms with Crippen molar-refractivity contribution in [1.29, 1.82) is 0 Å². The molecule has 0 aromatic carbocycles. The Morgan fingerprint density at radius 2 is 1.94 bits per heavy atom. The molecule has 0 aliphatic heterocycles. The molecule has 90 valence electrons. The van der Waals surface area contributed by atoms with E-state index in [9.17, 15) is 0 Å². The van der Waals surface area contributed by atoms with Gasteiger partial charge in [0.1, 0.15) is 18.0 Å². The molecule has 0 spiro atoms. The van der Waals surface area contributed by atoms with Crippen LogP contribution < -0.4 is 16.0 Å². The maximum Gasteiger partial charge on any atom is 0.131 e. The Bertz CT molecular complexity index is 324. The van der Waals surface area contributed by atoms with Crippen LogP contribution in [0.3, 0.4) is 0 Å². The summed E-state index contributed by atoms with van der Waals surface area (Å²) in [5, 5.41) is 9.67. The van der Waals surface area contributed by atoms with Crippen LogP contribution in [0.25, 0.3) is 0 Å². The van der Waals surface area contributed by atoms with Gasteiger partial charge in [-0.2, -0.15) is 0 Å². The van der Waals surface area contributed by atoms with Crippen LogP contribution in [-0.4, -0.2) is 35.6 Å². The van der Waals surface area contributed by atoms with Crippen LogP contribution in [0.5, 0.6) is 0 Å². The third kappa shape index (κ3) is 4.02. The Kier molecular flexibility index (Phi) is 4.49. The van der Waals surface area contributed by atoms with E-state index in [0.29, 0.717) is 0 Å². The first-order valence-corrected chi connectivity index (χ1v) is 5.56. The number of aromatic nitrogens is 2. The van der Waals surface area contributed by atoms with E-state index in [1.165, 1.54) is 0 Å². The Morgan fingerprint density at radius 1 is 1.25 bits per heavy atom. The Hall–Kier alpha value is -1.36. The molecule has 5 nitrogen and oxygen atoms in total. The van der Waals surface area contributed by atoms with Crippen molar-refractivity contribution < 1.29 is 0 Å². The van der Waals surface area contributed by atoms with Crippen LogP contribution in [0, 0.1) is 0 Å². The molecule has 0 saturated heterocycles. The number of likely N-dealkylation sites (N-methyl/N-ethyl adjacent to an activating group) is 1. The van der Waals surface area contributed by atoms with Crippen molar-refractivity contribution in [2.45, 2.75) is 26.3 Å². The summed E-state index contributed by atoms with van der Waals surface area (Å²) in [5.41, 5.74) is -0.0351. The van der Waals surface area contributed by atoms with Crippen molar-refractivity contribution in [2.24, 2.45) is 0 Å². The number of nitrogens with zero attached hydrogens (tertiary/aromatic N) is 2. The molecular formula is C11H21N5. The summed E-state index contributed by atoms with van der Waals surface area (Å²) >= 11 is 0. The largest absolute Gasteiger partial charge is 0.370 e. The molecule has 1 aromatic rings. The predicted octanol–water partition coefficient (Wildman–Crippen LogP) is 1.32. The molecule has 0 amide bonds. The second kappa shape index (κ2) is 5.65. The van der Waals surface area contributed by atoms with Gasteiger partial charge in [-0.1, -0.05) is 0 Å². The van der Waals surface area contributed by atoms with E-state index in [-0.39, 0.29) is 5.54 Å². The van der Waals surface area contributed by atoms with E-state index < -0.39 is 0 Å². The normalized spacial score (nSPS) is 11.2. The second-order valence-corrected chi connectivity index (χ2v) is 4.36. The molecular weight excluding hydrogens is 202 g/mol. The lowest BCUT2D eigenvalue weighted by molar-refractivity contribution is 0.528. The Balaban J connectivity index is 2.69. The third-order valence-corrected chi connectivity index (χ3v) is 2.11. The fraction of sp³-hybridized carbons (Fsp3) is 0.636. The van der Waals surface area contributed by atoms with Crippen LogP contribution >= 0.6 is 0 Å². The standard InChI is InChI=1S/C11H21N5/c1-5-13-9-6-10(15-8-14-9)16-11(2,3)7-12-4/h6,8,12H,5,7H2,1-4H3,(H2,13,14,15,16). The monoisotopic (exact) mass is 223 g/mol. The van der Waals surface area contributed by atoms with Gasteiger partial charge in [0, 0.05) is 24.7 Å². The van der Waals surface area contributed by atoms with Crippen molar-refractivity contribution in [3.8, 4) is 0 Å². The molecule has 0 unspecified atom stereocenters. The number of hydrogen-bond acceptors (Lipinski definition) is 5. The fourth-order valence-corrected chi connectivity index (χ4v) is 1.54. The van der Waals surface area contributed by atoms with E-state index in [4.69, 9.17) is 0 Å². The first-order valence-electron chi connectivity index (χ1n) is 5.56. The average Bonchev–Trinajstić information content (AvgIpc) is 2.17. The van der Waals surface area contributed by atoms with Crippen LogP contribution in [0.1, 0.15) is 20.8 Å². The molecule has 0 aliphatic carbocycles. The van der Waals surface area contributed by atoms with Crippen molar-refractivity contribution in [2.75, 3.05) is 30.8 Å². The lowest BCUT2D eigenvalue weighted by Crippen LogP contribution is -2.40. The molecule has 1 rings (SSSR count). The maximum absolute atomic E-state index is 4.20. The summed E-state index contributed by atoms with van der Waals surface area (Å²) in [6, 6.07) is 1.92. The van der Waals surface area contributed by atoms with Gasteiger partial charge in [0.25, 0.3) is 0 Å². The minimum atomic E-state index is -0.0351. The lowest BCUT2D eigenvalue weighted by Gasteiger charge is -2.26. The summed E-state index contributed by atoms with van der Waals surface area (Å²) in [7, 11) is 1.94. The van der Waals surface area contributed by atoms with Crippen LogP contribution in [0.15, 0.2) is 12.4 Å². The number of nitrogens with one attached hydrogen (secondary N) is 3. The Morgan fingerprint density at radius 3 is 2.56 bits per heavy atom. The molecule has 0 saturated carbocycles. The quantitative estimate of drug-likeness (QED) is 0.679. The van der Waals surface area contributed by atoms with Gasteiger partial charge in [0.2, 0.25) is 0 Å². The van der Waals surface area contributed by atoms with Gasteiger partial charge in [-0.25, -0.2) is 9.97 Å². The van der Waals surface area contributed by atoms with Gasteiger partial charge in [-0.05, 0) is 27.8 Å². The molecule has 1 heterocycles. The highest BCUT2D eigenvalue weighted by Crippen LogP contribution is 2.14. The summed E-state index contributed by atoms with van der Waals surface area (Å²) in [5.74, 6) is 1.69. The summed E-state index contributed by atoms with van der Waals surface area (Å²) in [6.45, 7) is 8.01. The van der Waals surface area contributed by atoms with Gasteiger partial charge in [-0.3, -0.25) is 0 Å². The fourth-order valence-electron chi connectivity index (χ4n) is 1.54. The SMILES string of the molecule is CCNc1cc(NC(C)(C)CNC)ncn1. The zero-order chi connectivity index (χ0) is 12.0. The van der Waals surface area contributed by atoms with Crippen molar-refractivity contribution >= 4 is 11.6 Å². The summed E-state index contributed by atoms with van der Waals surface area (Å²) in [6.07, 6.45) is 1.57. The van der Waals surface area contributed by atoms with Gasteiger partial charge < -0.3 is 16.0 Å². The van der Waals surface area contributed by atoms with Gasteiger partial charge in [0.05, 0.1) is 0 Å². The first kappa shape index (κ1) is 12.7. The van der Waals surface area contributed by atoms with Crippen molar-refractivity contribution in [1.82, 2.24) is 15.3 Å². The first-order chi connectivity index (χ1) is 7.57. The van der Waals surface area contributed by atoms with Crippen molar-refractivity contribution in [3.05, 3.63) is 12.4 Å². The minimum Gasteiger partial charge on any atom is -0.370 e. The molecule has 0 bridgehead atoms. The molecule has 16 heavy (non-hydrogen) atoms. The molecule has 3 N–H and O–H groups in total. The average molecular weight is 223 g/mol. The zero-order valence-corrected chi connectivity index (χ0v) is 10.5. The van der Waals surface area contributed by atoms with Crippen LogP contribution in [0.2, 0.25) is 0 Å². The summed E-state index contributed by atoms with van der Waals surface area (Å²) in [4.78, 5) is 8.33. The number of hydrogen-bond donors (Lipinski definition) is 3. The van der Waals surface area contributed by atoms with Crippen molar-refractivity contribution in [3.63, 3.8) is 0 Å². The summed E-state index contributed by atoms with van der Waals surface area (Å²) < 4.78 is 0. The predicted molar refractivity (Wildman–Crippen MR) is 67.8 cm³/mol. The highest BCUT2D eigenvalue weighted by atomic mass is 15.1. The molecule has 0 aliphatic rings. The lowest BCUT2D eigenvalue weighted by atomic mass is 10.1. The molecule has 0 radical (unpaired) electrons.